The Kier molecular flexibility index (Phi) is 3.74. The first-order valence-corrected chi connectivity index (χ1v) is 7.96. The number of aromatic nitrogens is 3. The van der Waals surface area contributed by atoms with E-state index >= 15 is 0 Å². The van der Waals surface area contributed by atoms with Crippen LogP contribution in [0.3, 0.4) is 0 Å². The van der Waals surface area contributed by atoms with Gasteiger partial charge in [-0.15, -0.1) is 0 Å². The number of para-hydroxylation sites is 1. The molecule has 0 aliphatic carbocycles. The molecule has 5 nitrogen and oxygen atoms in total. The van der Waals surface area contributed by atoms with Gasteiger partial charge in [-0.3, -0.25) is 9.48 Å². The van der Waals surface area contributed by atoms with E-state index in [-0.39, 0.29) is 5.91 Å². The molecule has 4 aromatic rings. The summed E-state index contributed by atoms with van der Waals surface area (Å²) < 4.78 is 1.65. The topological polar surface area (TPSA) is 59.8 Å². The van der Waals surface area contributed by atoms with Crippen molar-refractivity contribution in [3.63, 3.8) is 0 Å². The summed E-state index contributed by atoms with van der Waals surface area (Å²) in [5.74, 6) is -0.177. The molecular formula is C20H16N4O. The highest BCUT2D eigenvalue weighted by molar-refractivity contribution is 6.13. The number of amides is 1. The third-order valence-electron chi connectivity index (χ3n) is 3.99. The van der Waals surface area contributed by atoms with Crippen molar-refractivity contribution < 1.29 is 4.79 Å². The van der Waals surface area contributed by atoms with E-state index in [1.807, 2.05) is 67.7 Å². The summed E-state index contributed by atoms with van der Waals surface area (Å²) >= 11 is 0. The van der Waals surface area contributed by atoms with E-state index in [0.29, 0.717) is 11.3 Å². The number of fused-ring (bicyclic) bond motifs is 1. The van der Waals surface area contributed by atoms with E-state index < -0.39 is 0 Å². The Morgan fingerprint density at radius 1 is 1.04 bits per heavy atom. The minimum atomic E-state index is -0.177. The summed E-state index contributed by atoms with van der Waals surface area (Å²) in [5, 5.41) is 7.80. The number of benzene rings is 2. The first kappa shape index (κ1) is 15.1. The normalized spacial score (nSPS) is 10.8. The molecule has 0 aliphatic heterocycles. The standard InChI is InChI=1S/C20H16N4O/c1-24-13-15(12-21-24)22-20(25)17-11-19(14-7-3-2-4-8-14)23-18-10-6-5-9-16(17)18/h2-13H,1H3,(H,22,25). The lowest BCUT2D eigenvalue weighted by molar-refractivity contribution is 0.102. The van der Waals surface area contributed by atoms with Gasteiger partial charge in [0.1, 0.15) is 0 Å². The molecule has 0 aliphatic rings. The van der Waals surface area contributed by atoms with Crippen LogP contribution in [-0.4, -0.2) is 20.7 Å². The van der Waals surface area contributed by atoms with E-state index in [4.69, 9.17) is 4.98 Å². The Morgan fingerprint density at radius 2 is 1.80 bits per heavy atom. The number of nitrogens with zero attached hydrogens (tertiary/aromatic N) is 3. The van der Waals surface area contributed by atoms with Gasteiger partial charge in [0.25, 0.3) is 5.91 Å². The number of pyridine rings is 1. The second-order valence-corrected chi connectivity index (χ2v) is 5.80. The molecule has 4 rings (SSSR count). The maximum atomic E-state index is 12.8. The summed E-state index contributed by atoms with van der Waals surface area (Å²) in [5.41, 5.74) is 3.79. The van der Waals surface area contributed by atoms with Crippen molar-refractivity contribution in [2.75, 3.05) is 5.32 Å². The van der Waals surface area contributed by atoms with Gasteiger partial charge in [0.15, 0.2) is 0 Å². The summed E-state index contributed by atoms with van der Waals surface area (Å²) in [6, 6.07) is 19.4. The Balaban J connectivity index is 1.82. The van der Waals surface area contributed by atoms with Crippen molar-refractivity contribution in [2.24, 2.45) is 7.05 Å². The van der Waals surface area contributed by atoms with E-state index in [1.165, 1.54) is 0 Å². The SMILES string of the molecule is Cn1cc(NC(=O)c2cc(-c3ccccc3)nc3ccccc23)cn1. The lowest BCUT2D eigenvalue weighted by atomic mass is 10.0. The molecule has 2 aromatic heterocycles. The average Bonchev–Trinajstić information content (AvgIpc) is 3.06. The van der Waals surface area contributed by atoms with Gasteiger partial charge in [0, 0.05) is 24.2 Å². The fourth-order valence-electron chi connectivity index (χ4n) is 2.80. The van der Waals surface area contributed by atoms with Crippen LogP contribution < -0.4 is 5.32 Å². The van der Waals surface area contributed by atoms with Crippen LogP contribution in [0.1, 0.15) is 10.4 Å². The highest BCUT2D eigenvalue weighted by Crippen LogP contribution is 2.25. The van der Waals surface area contributed by atoms with Gasteiger partial charge < -0.3 is 5.32 Å². The number of aryl methyl sites for hydroxylation is 1. The first-order valence-electron chi connectivity index (χ1n) is 7.96. The van der Waals surface area contributed by atoms with E-state index in [0.717, 1.165) is 22.2 Å². The highest BCUT2D eigenvalue weighted by Gasteiger charge is 2.14. The molecule has 1 amide bonds. The zero-order chi connectivity index (χ0) is 17.2. The molecule has 2 heterocycles. The molecule has 0 spiro atoms. The largest absolute Gasteiger partial charge is 0.319 e. The molecule has 25 heavy (non-hydrogen) atoms. The van der Waals surface area contributed by atoms with Crippen LogP contribution in [0.2, 0.25) is 0 Å². The number of rotatable bonds is 3. The van der Waals surface area contributed by atoms with Crippen LogP contribution in [0.4, 0.5) is 5.69 Å². The molecule has 1 N–H and O–H groups in total. The van der Waals surface area contributed by atoms with E-state index in [9.17, 15) is 4.79 Å². The molecule has 2 aromatic carbocycles. The van der Waals surface area contributed by atoms with Crippen molar-refractivity contribution in [3.05, 3.63) is 78.6 Å². The molecule has 0 saturated carbocycles. The third kappa shape index (κ3) is 2.99. The lowest BCUT2D eigenvalue weighted by Gasteiger charge is -2.10. The van der Waals surface area contributed by atoms with Gasteiger partial charge in [0.05, 0.1) is 28.7 Å². The molecular weight excluding hydrogens is 312 g/mol. The number of nitrogens with one attached hydrogen (secondary N) is 1. The summed E-state index contributed by atoms with van der Waals surface area (Å²) in [6.07, 6.45) is 3.39. The number of carbonyl (C=O) groups excluding carboxylic acids is 1. The predicted molar refractivity (Wildman–Crippen MR) is 98.3 cm³/mol. The second kappa shape index (κ2) is 6.20. The van der Waals surface area contributed by atoms with Gasteiger partial charge in [-0.2, -0.15) is 5.10 Å². The van der Waals surface area contributed by atoms with E-state index in [2.05, 4.69) is 10.4 Å². The van der Waals surface area contributed by atoms with Gasteiger partial charge >= 0.3 is 0 Å². The fourth-order valence-corrected chi connectivity index (χ4v) is 2.80. The Morgan fingerprint density at radius 3 is 2.56 bits per heavy atom. The van der Waals surface area contributed by atoms with Crippen LogP contribution in [0.25, 0.3) is 22.2 Å². The Labute approximate surface area is 144 Å². The molecule has 0 fully saturated rings. The molecule has 5 heteroatoms. The first-order chi connectivity index (χ1) is 12.2. The smallest absolute Gasteiger partial charge is 0.256 e. The van der Waals surface area contributed by atoms with E-state index in [1.54, 1.807) is 17.1 Å². The average molecular weight is 328 g/mol. The minimum absolute atomic E-state index is 0.177. The third-order valence-corrected chi connectivity index (χ3v) is 3.99. The quantitative estimate of drug-likeness (QED) is 0.621. The highest BCUT2D eigenvalue weighted by atomic mass is 16.1. The van der Waals surface area contributed by atoms with Gasteiger partial charge in [-0.1, -0.05) is 48.5 Å². The van der Waals surface area contributed by atoms with Gasteiger partial charge in [-0.25, -0.2) is 4.98 Å². The lowest BCUT2D eigenvalue weighted by Crippen LogP contribution is -2.12. The number of hydrogen-bond acceptors (Lipinski definition) is 3. The molecule has 122 valence electrons. The van der Waals surface area contributed by atoms with Crippen LogP contribution in [0.15, 0.2) is 73.1 Å². The monoisotopic (exact) mass is 328 g/mol. The molecule has 0 saturated heterocycles. The minimum Gasteiger partial charge on any atom is -0.319 e. The molecule has 0 bridgehead atoms. The zero-order valence-electron chi connectivity index (χ0n) is 13.7. The molecule has 0 atom stereocenters. The maximum absolute atomic E-state index is 12.8. The number of carbonyl (C=O) groups is 1. The van der Waals surface area contributed by atoms with Crippen molar-refractivity contribution in [2.45, 2.75) is 0 Å². The molecule has 0 radical (unpaired) electrons. The summed E-state index contributed by atoms with van der Waals surface area (Å²) in [4.78, 5) is 17.5. The Hall–Kier alpha value is -3.47. The molecule has 0 unspecified atom stereocenters. The second-order valence-electron chi connectivity index (χ2n) is 5.80. The summed E-state index contributed by atoms with van der Waals surface area (Å²) in [6.45, 7) is 0. The van der Waals surface area contributed by atoms with Crippen LogP contribution >= 0.6 is 0 Å². The van der Waals surface area contributed by atoms with Crippen molar-refractivity contribution in [1.29, 1.82) is 0 Å². The van der Waals surface area contributed by atoms with Crippen molar-refractivity contribution in [1.82, 2.24) is 14.8 Å². The van der Waals surface area contributed by atoms with Crippen LogP contribution in [0, 0.1) is 0 Å². The fraction of sp³-hybridized carbons (Fsp3) is 0.0500. The van der Waals surface area contributed by atoms with Gasteiger partial charge in [-0.05, 0) is 12.1 Å². The van der Waals surface area contributed by atoms with Crippen LogP contribution in [0.5, 0.6) is 0 Å². The van der Waals surface area contributed by atoms with Gasteiger partial charge in [0.2, 0.25) is 0 Å². The summed E-state index contributed by atoms with van der Waals surface area (Å²) in [7, 11) is 1.81. The van der Waals surface area contributed by atoms with Crippen LogP contribution in [-0.2, 0) is 7.05 Å². The predicted octanol–water partition coefficient (Wildman–Crippen LogP) is 3.89. The number of hydrogen-bond donors (Lipinski definition) is 1. The maximum Gasteiger partial charge on any atom is 0.256 e. The zero-order valence-corrected chi connectivity index (χ0v) is 13.7. The Bertz CT molecular complexity index is 1050. The number of anilines is 1. The van der Waals surface area contributed by atoms with Crippen molar-refractivity contribution in [3.8, 4) is 11.3 Å². The van der Waals surface area contributed by atoms with Crippen molar-refractivity contribution >= 4 is 22.5 Å².